The van der Waals surface area contributed by atoms with E-state index in [0.717, 1.165) is 37.6 Å². The SMILES string of the molecule is C/C=C\C(=C/CC)P(=O)(c1ccccc1)c1ccc2cc(Br)ccc2c1. The minimum absolute atomic E-state index is 0.844. The van der Waals surface area contributed by atoms with Crippen LogP contribution < -0.4 is 10.6 Å². The highest BCUT2D eigenvalue weighted by molar-refractivity contribution is 9.10. The van der Waals surface area contributed by atoms with Gasteiger partial charge in [0, 0.05) is 20.4 Å². The molecule has 0 bridgehead atoms. The van der Waals surface area contributed by atoms with Crippen molar-refractivity contribution < 1.29 is 4.57 Å². The van der Waals surface area contributed by atoms with Gasteiger partial charge in [-0.05, 0) is 42.3 Å². The van der Waals surface area contributed by atoms with Gasteiger partial charge in [0.2, 0.25) is 0 Å². The van der Waals surface area contributed by atoms with Crippen LogP contribution in [0.3, 0.4) is 0 Å². The lowest BCUT2D eigenvalue weighted by Gasteiger charge is -2.21. The highest BCUT2D eigenvalue weighted by Gasteiger charge is 2.30. The van der Waals surface area contributed by atoms with Crippen LogP contribution in [0, 0.1) is 0 Å². The monoisotopic (exact) mass is 424 g/mol. The molecule has 0 saturated heterocycles. The second kappa shape index (κ2) is 8.20. The molecule has 0 spiro atoms. The van der Waals surface area contributed by atoms with Gasteiger partial charge < -0.3 is 4.57 Å². The summed E-state index contributed by atoms with van der Waals surface area (Å²) >= 11 is 3.52. The maximum absolute atomic E-state index is 14.5. The number of allylic oxidation sites excluding steroid dienone is 4. The Bertz CT molecular complexity index is 1020. The van der Waals surface area contributed by atoms with E-state index in [0.29, 0.717) is 0 Å². The van der Waals surface area contributed by atoms with Crippen LogP contribution in [-0.2, 0) is 4.57 Å². The first-order chi connectivity index (χ1) is 12.6. The molecule has 0 fully saturated rings. The molecule has 0 aromatic heterocycles. The first kappa shape index (κ1) is 18.9. The van der Waals surface area contributed by atoms with Crippen molar-refractivity contribution in [2.75, 3.05) is 0 Å². The van der Waals surface area contributed by atoms with E-state index in [4.69, 9.17) is 0 Å². The summed E-state index contributed by atoms with van der Waals surface area (Å²) in [4.78, 5) is 0. The number of fused-ring (bicyclic) bond motifs is 1. The molecule has 0 aliphatic heterocycles. The van der Waals surface area contributed by atoms with Crippen LogP contribution in [-0.4, -0.2) is 0 Å². The number of hydrogen-bond acceptors (Lipinski definition) is 1. The Kier molecular flexibility index (Phi) is 5.96. The molecule has 1 unspecified atom stereocenters. The Labute approximate surface area is 164 Å². The smallest absolute Gasteiger partial charge is 0.170 e. The normalized spacial score (nSPS) is 14.7. The van der Waals surface area contributed by atoms with Crippen molar-refractivity contribution in [2.24, 2.45) is 0 Å². The number of halogens is 1. The molecule has 132 valence electrons. The molecule has 3 aromatic carbocycles. The Morgan fingerprint density at radius 3 is 2.35 bits per heavy atom. The summed E-state index contributed by atoms with van der Waals surface area (Å²) in [5.41, 5.74) is 0. The maximum atomic E-state index is 14.5. The molecule has 0 aliphatic rings. The molecule has 26 heavy (non-hydrogen) atoms. The number of rotatable bonds is 5. The summed E-state index contributed by atoms with van der Waals surface area (Å²) in [6.07, 6.45) is 6.88. The van der Waals surface area contributed by atoms with Crippen LogP contribution >= 0.6 is 23.1 Å². The Morgan fingerprint density at radius 1 is 0.962 bits per heavy atom. The standard InChI is InChI=1S/C23H22BrOP/c1-3-8-21(9-4-2)26(25,22-10-6-5-7-11-22)23-15-13-18-16-20(24)14-12-19(18)17-23/h3,5-17H,4H2,1-2H3/b8-3-,21-9+. The topological polar surface area (TPSA) is 17.1 Å². The molecule has 1 nitrogen and oxygen atoms in total. The quantitative estimate of drug-likeness (QED) is 0.325. The van der Waals surface area contributed by atoms with Crippen LogP contribution in [0.15, 0.2) is 94.7 Å². The second-order valence-corrected chi connectivity index (χ2v) is 9.84. The van der Waals surface area contributed by atoms with Gasteiger partial charge in [-0.25, -0.2) is 0 Å². The molecular formula is C23H22BrOP. The molecule has 3 heteroatoms. The molecule has 0 amide bonds. The molecule has 0 N–H and O–H groups in total. The van der Waals surface area contributed by atoms with Gasteiger partial charge in [-0.3, -0.25) is 0 Å². The first-order valence-corrected chi connectivity index (χ1v) is 11.3. The predicted molar refractivity (Wildman–Crippen MR) is 118 cm³/mol. The van der Waals surface area contributed by atoms with Gasteiger partial charge in [0.1, 0.15) is 0 Å². The van der Waals surface area contributed by atoms with Crippen LogP contribution in [0.25, 0.3) is 10.8 Å². The Hall–Kier alpha value is -1.89. The first-order valence-electron chi connectivity index (χ1n) is 8.78. The Balaban J connectivity index is 2.29. The largest absolute Gasteiger partial charge is 0.309 e. The zero-order chi connectivity index (χ0) is 18.6. The van der Waals surface area contributed by atoms with Crippen molar-refractivity contribution in [1.29, 1.82) is 0 Å². The fraction of sp³-hybridized carbons (Fsp3) is 0.130. The van der Waals surface area contributed by atoms with E-state index in [1.165, 1.54) is 0 Å². The van der Waals surface area contributed by atoms with Crippen molar-refractivity contribution in [1.82, 2.24) is 0 Å². The molecule has 1 atom stereocenters. The maximum Gasteiger partial charge on any atom is 0.170 e. The van der Waals surface area contributed by atoms with Crippen LogP contribution in [0.5, 0.6) is 0 Å². The van der Waals surface area contributed by atoms with Crippen LogP contribution in [0.4, 0.5) is 0 Å². The minimum Gasteiger partial charge on any atom is -0.309 e. The zero-order valence-corrected chi connectivity index (χ0v) is 17.5. The van der Waals surface area contributed by atoms with Crippen molar-refractivity contribution >= 4 is 44.5 Å². The van der Waals surface area contributed by atoms with Crippen molar-refractivity contribution in [3.63, 3.8) is 0 Å². The highest BCUT2D eigenvalue weighted by atomic mass is 79.9. The Morgan fingerprint density at radius 2 is 1.65 bits per heavy atom. The van der Waals surface area contributed by atoms with E-state index in [9.17, 15) is 4.57 Å². The van der Waals surface area contributed by atoms with Gasteiger partial charge in [0.05, 0.1) is 0 Å². The number of hydrogen-bond donors (Lipinski definition) is 0. The van der Waals surface area contributed by atoms with Gasteiger partial charge in [-0.1, -0.05) is 89.6 Å². The summed E-state index contributed by atoms with van der Waals surface area (Å²) < 4.78 is 15.5. The molecule has 0 saturated carbocycles. The highest BCUT2D eigenvalue weighted by Crippen LogP contribution is 2.52. The van der Waals surface area contributed by atoms with Crippen LogP contribution in [0.1, 0.15) is 20.3 Å². The van der Waals surface area contributed by atoms with Gasteiger partial charge >= 0.3 is 0 Å². The van der Waals surface area contributed by atoms with E-state index in [1.807, 2.05) is 61.5 Å². The fourth-order valence-corrected chi connectivity index (χ4v) is 6.44. The number of benzene rings is 3. The lowest BCUT2D eigenvalue weighted by atomic mass is 10.1. The fourth-order valence-electron chi connectivity index (χ4n) is 3.17. The van der Waals surface area contributed by atoms with E-state index in [1.54, 1.807) is 0 Å². The third kappa shape index (κ3) is 3.63. The molecule has 0 radical (unpaired) electrons. The molecular weight excluding hydrogens is 403 g/mol. The predicted octanol–water partition coefficient (Wildman–Crippen LogP) is 6.79. The summed E-state index contributed by atoms with van der Waals surface area (Å²) in [6.45, 7) is 4.05. The third-order valence-electron chi connectivity index (χ3n) is 4.38. The van der Waals surface area contributed by atoms with Crippen LogP contribution in [0.2, 0.25) is 0 Å². The average Bonchev–Trinajstić information content (AvgIpc) is 2.67. The summed E-state index contributed by atoms with van der Waals surface area (Å²) in [7, 11) is -2.92. The summed E-state index contributed by atoms with van der Waals surface area (Å²) in [5, 5.41) is 4.86. The second-order valence-electron chi connectivity index (χ2n) is 6.16. The van der Waals surface area contributed by atoms with E-state index >= 15 is 0 Å². The molecule has 3 rings (SSSR count). The average molecular weight is 425 g/mol. The lowest BCUT2D eigenvalue weighted by molar-refractivity contribution is 0.591. The van der Waals surface area contributed by atoms with Crippen molar-refractivity contribution in [3.8, 4) is 0 Å². The van der Waals surface area contributed by atoms with E-state index in [-0.39, 0.29) is 0 Å². The van der Waals surface area contributed by atoms with Gasteiger partial charge in [-0.15, -0.1) is 0 Å². The lowest BCUT2D eigenvalue weighted by Crippen LogP contribution is -2.17. The summed E-state index contributed by atoms with van der Waals surface area (Å²) in [6, 6.07) is 22.1. The summed E-state index contributed by atoms with van der Waals surface area (Å²) in [5.74, 6) is 0. The van der Waals surface area contributed by atoms with E-state index < -0.39 is 7.14 Å². The van der Waals surface area contributed by atoms with E-state index in [2.05, 4.69) is 53.2 Å². The van der Waals surface area contributed by atoms with Crippen molar-refractivity contribution in [2.45, 2.75) is 20.3 Å². The van der Waals surface area contributed by atoms with Crippen molar-refractivity contribution in [3.05, 3.63) is 94.7 Å². The zero-order valence-electron chi connectivity index (χ0n) is 15.0. The molecule has 0 heterocycles. The molecule has 0 aliphatic carbocycles. The third-order valence-corrected chi connectivity index (χ3v) is 7.97. The minimum atomic E-state index is -2.92. The van der Waals surface area contributed by atoms with Gasteiger partial charge in [0.25, 0.3) is 0 Å². The van der Waals surface area contributed by atoms with Gasteiger partial charge in [0.15, 0.2) is 7.14 Å². The van der Waals surface area contributed by atoms with Gasteiger partial charge in [-0.2, -0.15) is 0 Å². The molecule has 3 aromatic rings.